The monoisotopic (exact) mass is 288 g/mol. The average molecular weight is 288 g/mol. The molecule has 5 heteroatoms. The maximum absolute atomic E-state index is 5.90. The fourth-order valence-corrected chi connectivity index (χ4v) is 5.90. The van der Waals surface area contributed by atoms with Crippen molar-refractivity contribution < 1.29 is 18.0 Å². The highest BCUT2D eigenvalue weighted by molar-refractivity contribution is 6.60. The Morgan fingerprint density at radius 3 is 2.11 bits per heavy atom. The molecule has 0 amide bonds. The SMILES string of the molecule is CCO[Si](CC[C@H]1CCC2OC2C1)(OCC)OCC. The summed E-state index contributed by atoms with van der Waals surface area (Å²) in [7, 11) is -2.43. The Kier molecular flexibility index (Phi) is 5.83. The lowest BCUT2D eigenvalue weighted by atomic mass is 9.88. The van der Waals surface area contributed by atoms with Gasteiger partial charge in [-0.3, -0.25) is 0 Å². The van der Waals surface area contributed by atoms with Crippen molar-refractivity contribution in [1.29, 1.82) is 0 Å². The van der Waals surface area contributed by atoms with E-state index in [-0.39, 0.29) is 0 Å². The molecule has 1 aliphatic heterocycles. The maximum atomic E-state index is 5.90. The van der Waals surface area contributed by atoms with E-state index in [0.29, 0.717) is 32.0 Å². The number of hydrogen-bond acceptors (Lipinski definition) is 4. The summed E-state index contributed by atoms with van der Waals surface area (Å²) in [5, 5.41) is 0. The van der Waals surface area contributed by atoms with Crippen molar-refractivity contribution >= 4 is 8.80 Å². The van der Waals surface area contributed by atoms with Crippen LogP contribution in [0, 0.1) is 5.92 Å². The molecule has 4 nitrogen and oxygen atoms in total. The van der Waals surface area contributed by atoms with E-state index in [1.807, 2.05) is 20.8 Å². The second-order valence-corrected chi connectivity index (χ2v) is 8.14. The lowest BCUT2D eigenvalue weighted by molar-refractivity contribution is 0.0691. The summed E-state index contributed by atoms with van der Waals surface area (Å²) in [5.41, 5.74) is 0. The van der Waals surface area contributed by atoms with Gasteiger partial charge in [-0.05, 0) is 52.4 Å². The van der Waals surface area contributed by atoms with E-state index in [9.17, 15) is 0 Å². The zero-order valence-electron chi connectivity index (χ0n) is 12.5. The first-order chi connectivity index (χ1) is 9.23. The Bertz CT molecular complexity index is 257. The third-order valence-electron chi connectivity index (χ3n) is 4.06. The van der Waals surface area contributed by atoms with Gasteiger partial charge < -0.3 is 18.0 Å². The summed E-state index contributed by atoms with van der Waals surface area (Å²) in [6.45, 7) is 8.06. The molecule has 0 aromatic heterocycles. The normalized spacial score (nSPS) is 30.2. The van der Waals surface area contributed by atoms with Gasteiger partial charge in [0.05, 0.1) is 12.2 Å². The number of hydrogen-bond donors (Lipinski definition) is 0. The molecule has 0 aromatic carbocycles. The zero-order chi connectivity index (χ0) is 13.7. The predicted molar refractivity (Wildman–Crippen MR) is 76.1 cm³/mol. The van der Waals surface area contributed by atoms with E-state index >= 15 is 0 Å². The Balaban J connectivity index is 1.82. The van der Waals surface area contributed by atoms with Crippen LogP contribution in [0.3, 0.4) is 0 Å². The fourth-order valence-electron chi connectivity index (χ4n) is 3.13. The van der Waals surface area contributed by atoms with E-state index in [4.69, 9.17) is 18.0 Å². The largest absolute Gasteiger partial charge is 0.500 e. The molecule has 0 aromatic rings. The minimum absolute atomic E-state index is 0.557. The summed E-state index contributed by atoms with van der Waals surface area (Å²) in [6, 6.07) is 0.949. The minimum Gasteiger partial charge on any atom is -0.374 e. The van der Waals surface area contributed by atoms with Crippen molar-refractivity contribution in [2.75, 3.05) is 19.8 Å². The highest BCUT2D eigenvalue weighted by Gasteiger charge is 2.46. The molecule has 2 unspecified atom stereocenters. The molecule has 0 spiro atoms. The summed E-state index contributed by atoms with van der Waals surface area (Å²) in [5.74, 6) is 0.761. The van der Waals surface area contributed by atoms with Crippen molar-refractivity contribution in [1.82, 2.24) is 0 Å². The van der Waals surface area contributed by atoms with E-state index in [2.05, 4.69) is 0 Å². The standard InChI is InChI=1S/C14H28O4Si/c1-4-15-19(16-5-2,17-6-3)10-9-12-7-8-13-14(11-12)18-13/h12-14H,4-11H2,1-3H3/t12-,13?,14?/m1/s1. The molecule has 0 N–H and O–H groups in total. The Morgan fingerprint density at radius 1 is 0.947 bits per heavy atom. The molecule has 2 fully saturated rings. The molecule has 0 bridgehead atoms. The van der Waals surface area contributed by atoms with E-state index in [1.165, 1.54) is 19.3 Å². The molecule has 1 heterocycles. The smallest absolute Gasteiger partial charge is 0.374 e. The first-order valence-corrected chi connectivity index (χ1v) is 9.73. The van der Waals surface area contributed by atoms with Crippen LogP contribution in [0.25, 0.3) is 0 Å². The molecular weight excluding hydrogens is 260 g/mol. The Morgan fingerprint density at radius 2 is 1.58 bits per heavy atom. The average Bonchev–Trinajstić information content (AvgIpc) is 3.16. The van der Waals surface area contributed by atoms with Crippen LogP contribution in [0.4, 0.5) is 0 Å². The van der Waals surface area contributed by atoms with E-state index in [1.54, 1.807) is 0 Å². The van der Waals surface area contributed by atoms with E-state index in [0.717, 1.165) is 18.4 Å². The number of rotatable bonds is 9. The third kappa shape index (κ3) is 4.26. The number of ether oxygens (including phenoxy) is 1. The zero-order valence-corrected chi connectivity index (χ0v) is 13.5. The van der Waals surface area contributed by atoms with Crippen LogP contribution in [0.5, 0.6) is 0 Å². The lowest BCUT2D eigenvalue weighted by Crippen LogP contribution is -2.46. The van der Waals surface area contributed by atoms with Gasteiger partial charge in [-0.2, -0.15) is 0 Å². The first kappa shape index (κ1) is 15.4. The van der Waals surface area contributed by atoms with Gasteiger partial charge in [0, 0.05) is 25.9 Å². The van der Waals surface area contributed by atoms with Crippen LogP contribution in [0.15, 0.2) is 0 Å². The fraction of sp³-hybridized carbons (Fsp3) is 1.00. The summed E-state index contributed by atoms with van der Waals surface area (Å²) in [6.07, 6.45) is 6.04. The van der Waals surface area contributed by atoms with Crippen molar-refractivity contribution in [3.63, 3.8) is 0 Å². The molecule has 1 saturated heterocycles. The van der Waals surface area contributed by atoms with Crippen LogP contribution >= 0.6 is 0 Å². The van der Waals surface area contributed by atoms with Gasteiger partial charge in [0.25, 0.3) is 0 Å². The molecule has 0 radical (unpaired) electrons. The van der Waals surface area contributed by atoms with Gasteiger partial charge in [0.2, 0.25) is 0 Å². The lowest BCUT2D eigenvalue weighted by Gasteiger charge is -2.30. The number of epoxide rings is 1. The molecule has 2 aliphatic rings. The Hall–Kier alpha value is 0.0569. The molecule has 112 valence electrons. The molecular formula is C14H28O4Si. The summed E-state index contributed by atoms with van der Waals surface area (Å²) in [4.78, 5) is 0. The van der Waals surface area contributed by atoms with Crippen LogP contribution < -0.4 is 0 Å². The number of fused-ring (bicyclic) bond motifs is 1. The minimum atomic E-state index is -2.43. The van der Waals surface area contributed by atoms with Crippen LogP contribution in [0.1, 0.15) is 46.5 Å². The highest BCUT2D eigenvalue weighted by atomic mass is 28.4. The molecule has 3 atom stereocenters. The topological polar surface area (TPSA) is 40.2 Å². The van der Waals surface area contributed by atoms with Crippen LogP contribution in [0.2, 0.25) is 6.04 Å². The van der Waals surface area contributed by atoms with Gasteiger partial charge in [0.15, 0.2) is 0 Å². The second-order valence-electron chi connectivity index (χ2n) is 5.41. The van der Waals surface area contributed by atoms with Gasteiger partial charge in [-0.1, -0.05) is 0 Å². The van der Waals surface area contributed by atoms with Gasteiger partial charge in [-0.15, -0.1) is 0 Å². The van der Waals surface area contributed by atoms with Crippen molar-refractivity contribution in [3.8, 4) is 0 Å². The molecule has 2 rings (SSSR count). The van der Waals surface area contributed by atoms with Gasteiger partial charge in [-0.25, -0.2) is 0 Å². The van der Waals surface area contributed by atoms with Crippen LogP contribution in [-0.4, -0.2) is 40.8 Å². The molecule has 1 aliphatic carbocycles. The third-order valence-corrected chi connectivity index (χ3v) is 7.15. The van der Waals surface area contributed by atoms with E-state index < -0.39 is 8.80 Å². The second kappa shape index (κ2) is 7.18. The summed E-state index contributed by atoms with van der Waals surface area (Å²) < 4.78 is 23.3. The first-order valence-electron chi connectivity index (χ1n) is 7.80. The van der Waals surface area contributed by atoms with Crippen molar-refractivity contribution in [2.45, 2.75) is 64.7 Å². The van der Waals surface area contributed by atoms with Gasteiger partial charge in [0.1, 0.15) is 0 Å². The molecule has 19 heavy (non-hydrogen) atoms. The quantitative estimate of drug-likeness (QED) is 0.483. The van der Waals surface area contributed by atoms with Crippen molar-refractivity contribution in [2.24, 2.45) is 5.92 Å². The maximum Gasteiger partial charge on any atom is 0.500 e. The summed E-state index contributed by atoms with van der Waals surface area (Å²) >= 11 is 0. The van der Waals surface area contributed by atoms with Crippen LogP contribution in [-0.2, 0) is 18.0 Å². The van der Waals surface area contributed by atoms with Gasteiger partial charge >= 0.3 is 8.80 Å². The highest BCUT2D eigenvalue weighted by Crippen LogP contribution is 2.41. The molecule has 1 saturated carbocycles. The predicted octanol–water partition coefficient (Wildman–Crippen LogP) is 2.99. The van der Waals surface area contributed by atoms with Crippen molar-refractivity contribution in [3.05, 3.63) is 0 Å². The Labute approximate surface area is 118 Å².